The second-order valence-electron chi connectivity index (χ2n) is 0. The van der Waals surface area contributed by atoms with Gasteiger partial charge < -0.3 is 42.7 Å². The maximum absolute atomic E-state index is 0. The summed E-state index contributed by atoms with van der Waals surface area (Å²) in [5.74, 6) is 0. The van der Waals surface area contributed by atoms with Gasteiger partial charge >= 0.3 is 21.1 Å². The molecule has 0 bridgehead atoms. The van der Waals surface area contributed by atoms with E-state index in [-0.39, 0.29) is 63.8 Å². The smallest absolute Gasteiger partial charge is 2.00 e. The maximum Gasteiger partial charge on any atom is 5.00 e. The molecular weight excluding hydrogens is 306 g/mol. The van der Waals surface area contributed by atoms with E-state index in [9.17, 15) is 0 Å². The van der Waals surface area contributed by atoms with Crippen LogP contribution in [0.4, 0.5) is 0 Å². The van der Waals surface area contributed by atoms with Crippen molar-refractivity contribution in [1.82, 2.24) is 0 Å². The van der Waals surface area contributed by atoms with E-state index in [1.54, 1.807) is 0 Å². The summed E-state index contributed by atoms with van der Waals surface area (Å²) in [6.45, 7) is 0. The normalized spacial score (nSPS) is 0. The molecule has 0 aliphatic carbocycles. The molecule has 0 fully saturated rings. The first-order valence-corrected chi connectivity index (χ1v) is 0. The quantitative estimate of drug-likeness (QED) is 0.425. The number of rotatable bonds is 0. The first-order valence-electron chi connectivity index (χ1n) is 0. The van der Waals surface area contributed by atoms with Crippen LogP contribution in [0.3, 0.4) is 0 Å². The summed E-state index contributed by atoms with van der Waals surface area (Å²) in [5.41, 5.74) is 0. The van der Waals surface area contributed by atoms with Crippen LogP contribution in [0.1, 0.15) is 0 Å². The predicted octanol–water partition coefficient (Wildman–Crippen LogP) is -9.11. The van der Waals surface area contributed by atoms with Crippen molar-refractivity contribution < 1.29 is 63.8 Å². The molecule has 0 aromatic carbocycles. The van der Waals surface area contributed by atoms with Crippen LogP contribution in [-0.4, -0.2) is 0 Å². The average Bonchev–Trinajstić information content (AvgIpc) is 0. The molecule has 0 heterocycles. The van der Waals surface area contributed by atoms with Crippen molar-refractivity contribution in [3.63, 3.8) is 0 Å². The van der Waals surface area contributed by atoms with Gasteiger partial charge in [0, 0.05) is 0 Å². The van der Waals surface area contributed by atoms with Gasteiger partial charge in [-0.1, -0.05) is 0 Å². The molecule has 0 atom stereocenters. The fourth-order valence-electron chi connectivity index (χ4n) is 0. The van der Waals surface area contributed by atoms with Gasteiger partial charge in [-0.25, -0.2) is 0 Å². The topological polar surface area (TPSA) is 28.5 Å². The van der Waals surface area contributed by atoms with Gasteiger partial charge in [-0.05, 0) is 0 Å². The van der Waals surface area contributed by atoms with Gasteiger partial charge in [0.15, 0.2) is 0 Å². The van der Waals surface area contributed by atoms with E-state index in [0.717, 1.165) is 0 Å². The molecule has 0 aliphatic rings. The Morgan fingerprint density at radius 3 is 0.600 bits per heavy atom. The van der Waals surface area contributed by atoms with E-state index < -0.39 is 0 Å². The molecule has 0 aromatic heterocycles. The van der Waals surface area contributed by atoms with Crippen molar-refractivity contribution in [3.8, 4) is 0 Å². The molecule has 1 radical (unpaired) electrons. The van der Waals surface area contributed by atoms with E-state index >= 15 is 0 Å². The minimum absolute atomic E-state index is 0. The number of hydrogen-bond donors (Lipinski definition) is 0. The van der Waals surface area contributed by atoms with Crippen LogP contribution in [0.5, 0.6) is 0 Å². The van der Waals surface area contributed by atoms with Crippen molar-refractivity contribution in [2.75, 3.05) is 0 Å². The molecule has 0 unspecified atom stereocenters. The Morgan fingerprint density at radius 1 is 0.600 bits per heavy atom. The zero-order valence-corrected chi connectivity index (χ0v) is 7.15. The average molecular weight is 306 g/mol. The van der Waals surface area contributed by atoms with Gasteiger partial charge in [0.1, 0.15) is 0 Å². The summed E-state index contributed by atoms with van der Waals surface area (Å²) < 4.78 is 0. The van der Waals surface area contributed by atoms with Crippen LogP contribution in [-0.2, 0) is 26.5 Å². The van der Waals surface area contributed by atoms with Crippen LogP contribution in [0.15, 0.2) is 0 Å². The molecule has 0 N–H and O–H groups in total. The Kier molecular flexibility index (Phi) is 842. The molecule has 0 spiro atoms. The SMILES string of the molecule is [Cl-].[Cl-].[Cl-].[O-2].[W+5]. The molecule has 33 valence electrons. The van der Waals surface area contributed by atoms with Crippen LogP contribution >= 0.6 is 0 Å². The summed E-state index contributed by atoms with van der Waals surface area (Å²) in [4.78, 5) is 0. The molecule has 0 aliphatic heterocycles. The third-order valence-corrected chi connectivity index (χ3v) is 0. The maximum atomic E-state index is 0. The zero-order valence-electron chi connectivity index (χ0n) is 1.95. The van der Waals surface area contributed by atoms with Crippen molar-refractivity contribution in [2.45, 2.75) is 0 Å². The van der Waals surface area contributed by atoms with Gasteiger partial charge in [-0.2, -0.15) is 0 Å². The third-order valence-electron chi connectivity index (χ3n) is 0. The Labute approximate surface area is 63.7 Å². The molecule has 0 rings (SSSR count). The van der Waals surface area contributed by atoms with Crippen molar-refractivity contribution in [3.05, 3.63) is 0 Å². The van der Waals surface area contributed by atoms with Crippen LogP contribution in [0.2, 0.25) is 0 Å². The summed E-state index contributed by atoms with van der Waals surface area (Å²) in [6, 6.07) is 0. The second kappa shape index (κ2) is 48.9. The van der Waals surface area contributed by atoms with Gasteiger partial charge in [-0.15, -0.1) is 0 Å². The fraction of sp³-hybridized carbons (Fsp3) is 0. The van der Waals surface area contributed by atoms with Crippen LogP contribution in [0.25, 0.3) is 0 Å². The molecule has 5 heteroatoms. The number of hydrogen-bond acceptors (Lipinski definition) is 0. The first-order chi connectivity index (χ1) is 0. The first kappa shape index (κ1) is 86.1. The van der Waals surface area contributed by atoms with Gasteiger partial charge in [0.2, 0.25) is 0 Å². The monoisotopic (exact) mass is 305 g/mol. The summed E-state index contributed by atoms with van der Waals surface area (Å²) in [7, 11) is 0. The Bertz CT molecular complexity index is 6.85. The molecule has 1 nitrogen and oxygen atoms in total. The van der Waals surface area contributed by atoms with E-state index in [0.29, 0.717) is 0 Å². The third kappa shape index (κ3) is 29.6. The second-order valence-corrected chi connectivity index (χ2v) is 0. The van der Waals surface area contributed by atoms with Gasteiger partial charge in [-0.3, -0.25) is 0 Å². The molecule has 0 saturated heterocycles. The molecule has 5 heavy (non-hydrogen) atoms. The number of halogens is 3. The van der Waals surface area contributed by atoms with Crippen molar-refractivity contribution >= 4 is 0 Å². The van der Waals surface area contributed by atoms with Crippen LogP contribution in [0, 0.1) is 0 Å². The standard InChI is InChI=1S/3ClH.O.W/h3*1H;;/q;;;-2;+5/p-3. The van der Waals surface area contributed by atoms with Gasteiger partial charge in [0.05, 0.1) is 0 Å². The molecule has 0 saturated carbocycles. The Morgan fingerprint density at radius 2 is 0.600 bits per heavy atom. The minimum atomic E-state index is 0. The Hall–Kier alpha value is 1.52. The van der Waals surface area contributed by atoms with E-state index in [1.165, 1.54) is 0 Å². The summed E-state index contributed by atoms with van der Waals surface area (Å²) in [6.07, 6.45) is 0. The molecule has 0 amide bonds. The van der Waals surface area contributed by atoms with Crippen molar-refractivity contribution in [2.24, 2.45) is 0 Å². The Balaban J connectivity index is 0. The zero-order chi connectivity index (χ0) is 0. The van der Waals surface area contributed by atoms with E-state index in [2.05, 4.69) is 0 Å². The fourth-order valence-corrected chi connectivity index (χ4v) is 0. The molecular formula is Cl3OW. The predicted molar refractivity (Wildman–Crippen MR) is 0.686 cm³/mol. The van der Waals surface area contributed by atoms with Crippen LogP contribution < -0.4 is 37.2 Å². The molecule has 0 aromatic rings. The largest absolute Gasteiger partial charge is 5.00 e. The summed E-state index contributed by atoms with van der Waals surface area (Å²) >= 11 is 0. The van der Waals surface area contributed by atoms with E-state index in [4.69, 9.17) is 0 Å². The van der Waals surface area contributed by atoms with Gasteiger partial charge in [0.25, 0.3) is 0 Å². The summed E-state index contributed by atoms with van der Waals surface area (Å²) in [5, 5.41) is 0. The van der Waals surface area contributed by atoms with E-state index in [1.807, 2.05) is 0 Å². The minimum Gasteiger partial charge on any atom is -2.00 e. The van der Waals surface area contributed by atoms with Crippen molar-refractivity contribution in [1.29, 1.82) is 0 Å².